The molecule has 0 aliphatic heterocycles. The second-order valence-electron chi connectivity index (χ2n) is 7.23. The number of amides is 1. The minimum atomic E-state index is -0.306. The van der Waals surface area contributed by atoms with Crippen LogP contribution >= 0.6 is 0 Å². The van der Waals surface area contributed by atoms with Crippen molar-refractivity contribution in [3.63, 3.8) is 0 Å². The molecule has 160 valence electrons. The molecule has 0 spiro atoms. The first-order valence-corrected chi connectivity index (χ1v) is 10.3. The van der Waals surface area contributed by atoms with Crippen LogP contribution in [0.3, 0.4) is 0 Å². The normalized spacial score (nSPS) is 10.8. The molecule has 4 aromatic rings. The van der Waals surface area contributed by atoms with E-state index >= 15 is 0 Å². The number of pyridine rings is 2. The van der Waals surface area contributed by atoms with E-state index in [-0.39, 0.29) is 18.2 Å². The van der Waals surface area contributed by atoms with E-state index in [9.17, 15) is 13.9 Å². The van der Waals surface area contributed by atoms with Crippen molar-refractivity contribution in [1.29, 1.82) is 0 Å². The summed E-state index contributed by atoms with van der Waals surface area (Å²) < 4.78 is 23.8. The second kappa shape index (κ2) is 10.1. The van der Waals surface area contributed by atoms with Gasteiger partial charge >= 0.3 is 109 Å². The molecule has 3 aromatic heterocycles. The Labute approximate surface area is 184 Å². The Morgan fingerprint density at radius 1 is 1.03 bits per heavy atom. The Hall–Kier alpha value is -3.72. The number of hydrogen-bond donors (Lipinski definition) is 3. The van der Waals surface area contributed by atoms with Crippen LogP contribution in [0.2, 0.25) is 0 Å². The van der Waals surface area contributed by atoms with E-state index in [1.807, 2.05) is 18.2 Å². The SMILES string of the molecule is O=BCNCCCC(=O)Nc1ccc2c(-c3ccncc3)c(-c3ccc(F)cc3)[nH]c2n1. The summed E-state index contributed by atoms with van der Waals surface area (Å²) in [5, 5.41) is 6.62. The van der Waals surface area contributed by atoms with Gasteiger partial charge in [-0.1, -0.05) is 0 Å². The molecule has 0 unspecified atom stereocenters. The van der Waals surface area contributed by atoms with E-state index in [0.29, 0.717) is 30.9 Å². The Morgan fingerprint density at radius 3 is 2.56 bits per heavy atom. The number of carbonyl (C=O) groups is 1. The van der Waals surface area contributed by atoms with Gasteiger partial charge in [0.15, 0.2) is 0 Å². The monoisotopic (exact) mass is 429 g/mol. The first-order chi connectivity index (χ1) is 15.7. The average molecular weight is 429 g/mol. The van der Waals surface area contributed by atoms with E-state index in [1.54, 1.807) is 30.6 Å². The first kappa shape index (κ1) is 21.5. The predicted octanol–water partition coefficient (Wildman–Crippen LogP) is 3.75. The van der Waals surface area contributed by atoms with Crippen molar-refractivity contribution < 1.29 is 13.9 Å². The molecule has 32 heavy (non-hydrogen) atoms. The summed E-state index contributed by atoms with van der Waals surface area (Å²) in [4.78, 5) is 24.2. The van der Waals surface area contributed by atoms with Crippen LogP contribution in [-0.2, 0) is 9.50 Å². The van der Waals surface area contributed by atoms with Crippen LogP contribution in [0.4, 0.5) is 10.2 Å². The van der Waals surface area contributed by atoms with Crippen molar-refractivity contribution in [1.82, 2.24) is 20.3 Å². The van der Waals surface area contributed by atoms with E-state index in [2.05, 4.69) is 25.6 Å². The maximum atomic E-state index is 13.5. The Bertz CT molecular complexity index is 1230. The third-order valence-electron chi connectivity index (χ3n) is 5.01. The Morgan fingerprint density at radius 2 is 1.81 bits per heavy atom. The molecule has 0 saturated heterocycles. The van der Waals surface area contributed by atoms with E-state index < -0.39 is 0 Å². The number of nitrogens with zero attached hydrogens (tertiary/aromatic N) is 2. The Kier molecular flexibility index (Phi) is 6.76. The van der Waals surface area contributed by atoms with Gasteiger partial charge in [0.25, 0.3) is 0 Å². The molecule has 0 radical (unpaired) electrons. The molecule has 0 aliphatic rings. The molecular formula is C23H21BFN5O2. The zero-order chi connectivity index (χ0) is 22.3. The summed E-state index contributed by atoms with van der Waals surface area (Å²) in [6.45, 7) is 0.589. The molecule has 0 saturated carbocycles. The molecule has 9 heteroatoms. The molecule has 0 fully saturated rings. The standard InChI is InChI=1S/C23H21BFN5O2/c25-17-5-3-16(4-6-17)22-21(15-9-12-26-13-10-15)18-7-8-19(29-23(18)30-22)28-20(31)2-1-11-27-14-24-32/h3-10,12-13,27H,1-2,11,14H2,(H2,28,29,30,31). The van der Waals surface area contributed by atoms with Crippen molar-refractivity contribution in [3.8, 4) is 22.4 Å². The molecule has 3 N–H and O–H groups in total. The third-order valence-corrected chi connectivity index (χ3v) is 5.01. The summed E-state index contributed by atoms with van der Waals surface area (Å²) in [5.74, 6) is -0.0132. The van der Waals surface area contributed by atoms with E-state index in [4.69, 9.17) is 0 Å². The predicted molar refractivity (Wildman–Crippen MR) is 122 cm³/mol. The van der Waals surface area contributed by atoms with Gasteiger partial charge in [0.05, 0.1) is 0 Å². The van der Waals surface area contributed by atoms with Gasteiger partial charge in [-0.05, 0) is 47.5 Å². The van der Waals surface area contributed by atoms with Crippen LogP contribution in [0.1, 0.15) is 12.8 Å². The van der Waals surface area contributed by atoms with Crippen LogP contribution in [0.5, 0.6) is 0 Å². The second-order valence-corrected chi connectivity index (χ2v) is 7.23. The van der Waals surface area contributed by atoms with Crippen LogP contribution < -0.4 is 10.6 Å². The fraction of sp³-hybridized carbons (Fsp3) is 0.174. The van der Waals surface area contributed by atoms with Crippen LogP contribution in [0.15, 0.2) is 60.9 Å². The van der Waals surface area contributed by atoms with E-state index in [0.717, 1.165) is 34.9 Å². The van der Waals surface area contributed by atoms with Crippen molar-refractivity contribution in [2.75, 3.05) is 18.3 Å². The van der Waals surface area contributed by atoms with Gasteiger partial charge < -0.3 is 0 Å². The summed E-state index contributed by atoms with van der Waals surface area (Å²) >= 11 is 0. The first-order valence-electron chi connectivity index (χ1n) is 10.3. The zero-order valence-electron chi connectivity index (χ0n) is 17.3. The molecular weight excluding hydrogens is 408 g/mol. The average Bonchev–Trinajstić information content (AvgIpc) is 3.18. The summed E-state index contributed by atoms with van der Waals surface area (Å²) in [7, 11) is 0.788. The number of H-pyrrole nitrogens is 1. The van der Waals surface area contributed by atoms with Crippen LogP contribution in [0.25, 0.3) is 33.4 Å². The van der Waals surface area contributed by atoms with E-state index in [1.165, 1.54) is 12.1 Å². The topological polar surface area (TPSA) is 99.8 Å². The van der Waals surface area contributed by atoms with Gasteiger partial charge in [-0.15, -0.1) is 0 Å². The maximum absolute atomic E-state index is 13.5. The molecule has 1 aromatic carbocycles. The number of anilines is 1. The number of benzene rings is 1. The Balaban J connectivity index is 1.63. The summed E-state index contributed by atoms with van der Waals surface area (Å²) in [6, 6.07) is 13.7. The molecule has 0 atom stereocenters. The number of hydrogen-bond acceptors (Lipinski definition) is 5. The number of rotatable bonds is 9. The van der Waals surface area contributed by atoms with Gasteiger partial charge in [0, 0.05) is 12.4 Å². The molecule has 1 amide bonds. The zero-order valence-corrected chi connectivity index (χ0v) is 17.3. The van der Waals surface area contributed by atoms with Gasteiger partial charge in [-0.3, -0.25) is 4.98 Å². The number of carbonyl (C=O) groups excluding carboxylic acids is 1. The van der Waals surface area contributed by atoms with Gasteiger partial charge in [-0.25, -0.2) is 4.39 Å². The molecule has 0 bridgehead atoms. The molecule has 7 nitrogen and oxygen atoms in total. The van der Waals surface area contributed by atoms with Crippen molar-refractivity contribution >= 4 is 29.9 Å². The molecule has 0 aliphatic carbocycles. The van der Waals surface area contributed by atoms with Crippen molar-refractivity contribution in [2.24, 2.45) is 0 Å². The quantitative estimate of drug-likeness (QED) is 0.278. The van der Waals surface area contributed by atoms with Gasteiger partial charge in [0.1, 0.15) is 5.82 Å². The minimum absolute atomic E-state index is 0.149. The number of aromatic amines is 1. The van der Waals surface area contributed by atoms with Gasteiger partial charge in [0.2, 0.25) is 0 Å². The number of aromatic nitrogens is 3. The third kappa shape index (κ3) is 4.95. The number of halogens is 1. The number of nitrogens with one attached hydrogen (secondary N) is 3. The van der Waals surface area contributed by atoms with Gasteiger partial charge in [-0.2, -0.15) is 0 Å². The fourth-order valence-electron chi connectivity index (χ4n) is 3.53. The van der Waals surface area contributed by atoms with Crippen molar-refractivity contribution in [3.05, 3.63) is 66.7 Å². The van der Waals surface area contributed by atoms with Crippen LogP contribution in [0, 0.1) is 5.82 Å². The molecule has 4 rings (SSSR count). The van der Waals surface area contributed by atoms with Crippen molar-refractivity contribution in [2.45, 2.75) is 12.8 Å². The summed E-state index contributed by atoms with van der Waals surface area (Å²) in [5.41, 5.74) is 4.13. The number of fused-ring (bicyclic) bond motifs is 1. The fourth-order valence-corrected chi connectivity index (χ4v) is 3.53. The van der Waals surface area contributed by atoms with Crippen LogP contribution in [-0.4, -0.2) is 41.0 Å². The summed E-state index contributed by atoms with van der Waals surface area (Å²) in [6.07, 6.45) is 4.65. The molecule has 3 heterocycles.